The molecule has 0 spiro atoms. The second-order valence-electron chi connectivity index (χ2n) is 4.56. The number of aryl methyl sites for hydroxylation is 1. The van der Waals surface area contributed by atoms with Crippen molar-refractivity contribution in [2.45, 2.75) is 37.5 Å². The van der Waals surface area contributed by atoms with Gasteiger partial charge in [-0.05, 0) is 30.4 Å². The van der Waals surface area contributed by atoms with Crippen molar-refractivity contribution in [1.29, 1.82) is 0 Å². The van der Waals surface area contributed by atoms with Crippen molar-refractivity contribution in [3.63, 3.8) is 0 Å². The van der Waals surface area contributed by atoms with Gasteiger partial charge in [-0.2, -0.15) is 22.0 Å². The molecular formula is C13H11F5O2. The van der Waals surface area contributed by atoms with Gasteiger partial charge in [-0.15, -0.1) is 0 Å². The Labute approximate surface area is 111 Å². The van der Waals surface area contributed by atoms with Gasteiger partial charge >= 0.3 is 18.1 Å². The largest absolute Gasteiger partial charge is 0.465 e. The van der Waals surface area contributed by atoms with Crippen molar-refractivity contribution >= 4 is 5.97 Å². The van der Waals surface area contributed by atoms with Crippen LogP contribution in [-0.2, 0) is 16.0 Å². The van der Waals surface area contributed by atoms with Crippen LogP contribution < -0.4 is 0 Å². The van der Waals surface area contributed by atoms with Gasteiger partial charge in [-0.25, -0.2) is 4.79 Å². The third-order valence-electron chi connectivity index (χ3n) is 3.18. The molecule has 2 rings (SSSR count). The minimum absolute atomic E-state index is 0.233. The fraction of sp³-hybridized carbons (Fsp3) is 0.462. The Hall–Kier alpha value is -1.66. The highest BCUT2D eigenvalue weighted by molar-refractivity contribution is 5.79. The second-order valence-corrected chi connectivity index (χ2v) is 4.56. The van der Waals surface area contributed by atoms with Gasteiger partial charge in [0.2, 0.25) is 0 Å². The van der Waals surface area contributed by atoms with E-state index >= 15 is 0 Å². The van der Waals surface area contributed by atoms with Crippen LogP contribution in [0.1, 0.15) is 30.1 Å². The number of benzene rings is 1. The van der Waals surface area contributed by atoms with Crippen molar-refractivity contribution in [3.8, 4) is 0 Å². The molecule has 1 aliphatic carbocycles. The molecule has 2 nitrogen and oxygen atoms in total. The minimum Gasteiger partial charge on any atom is -0.453 e. The summed E-state index contributed by atoms with van der Waals surface area (Å²) in [4.78, 5) is 11.1. The van der Waals surface area contributed by atoms with Crippen LogP contribution in [0.2, 0.25) is 0 Å². The molecule has 7 heteroatoms. The van der Waals surface area contributed by atoms with E-state index in [1.54, 1.807) is 24.3 Å². The fourth-order valence-electron chi connectivity index (χ4n) is 2.15. The Morgan fingerprint density at radius 1 is 1.15 bits per heavy atom. The molecule has 0 aliphatic heterocycles. The predicted molar refractivity (Wildman–Crippen MR) is 59.2 cm³/mol. The number of hydrogen-bond donors (Lipinski definition) is 0. The van der Waals surface area contributed by atoms with Crippen molar-refractivity contribution in [1.82, 2.24) is 0 Å². The first-order chi connectivity index (χ1) is 9.23. The first kappa shape index (κ1) is 14.7. The Bertz CT molecular complexity index is 510. The standard InChI is InChI=1S/C13H11F5O2/c14-12(15,13(16,17)18)11(19)20-10-7-3-5-8-4-1-2-6-9(8)10/h1-2,4,6,10H,3,5,7H2. The van der Waals surface area contributed by atoms with Gasteiger partial charge in [0.25, 0.3) is 0 Å². The number of alkyl halides is 5. The zero-order chi connectivity index (χ0) is 15.0. The first-order valence-corrected chi connectivity index (χ1v) is 5.97. The van der Waals surface area contributed by atoms with E-state index in [0.29, 0.717) is 18.4 Å². The van der Waals surface area contributed by atoms with Crippen LogP contribution >= 0.6 is 0 Å². The maximum absolute atomic E-state index is 12.9. The molecule has 0 fully saturated rings. The highest BCUT2D eigenvalue weighted by Gasteiger charge is 2.65. The topological polar surface area (TPSA) is 26.3 Å². The van der Waals surface area contributed by atoms with Crippen molar-refractivity contribution in [2.75, 3.05) is 0 Å². The Morgan fingerprint density at radius 3 is 2.45 bits per heavy atom. The third kappa shape index (κ3) is 2.62. The first-order valence-electron chi connectivity index (χ1n) is 5.97. The quantitative estimate of drug-likeness (QED) is 0.612. The molecule has 1 atom stereocenters. The van der Waals surface area contributed by atoms with Gasteiger partial charge in [0.15, 0.2) is 0 Å². The molecule has 0 saturated carbocycles. The molecule has 0 heterocycles. The smallest absolute Gasteiger partial charge is 0.453 e. The lowest BCUT2D eigenvalue weighted by Crippen LogP contribution is -2.45. The number of carbonyl (C=O) groups excluding carboxylic acids is 1. The van der Waals surface area contributed by atoms with Crippen LogP contribution in [0.25, 0.3) is 0 Å². The molecule has 1 unspecified atom stereocenters. The molecule has 1 aromatic rings. The summed E-state index contributed by atoms with van der Waals surface area (Å²) in [5.74, 6) is -8.04. The summed E-state index contributed by atoms with van der Waals surface area (Å²) in [5, 5.41) is 0. The summed E-state index contributed by atoms with van der Waals surface area (Å²) >= 11 is 0. The second kappa shape index (κ2) is 5.03. The Morgan fingerprint density at radius 2 is 1.80 bits per heavy atom. The summed E-state index contributed by atoms with van der Waals surface area (Å²) in [6.45, 7) is 0. The highest BCUT2D eigenvalue weighted by atomic mass is 19.4. The number of hydrogen-bond acceptors (Lipinski definition) is 2. The van der Waals surface area contributed by atoms with Crippen LogP contribution in [0.15, 0.2) is 24.3 Å². The number of fused-ring (bicyclic) bond motifs is 1. The molecule has 0 saturated heterocycles. The van der Waals surface area contributed by atoms with Gasteiger partial charge in [-0.1, -0.05) is 24.3 Å². The molecule has 1 aromatic carbocycles. The zero-order valence-electron chi connectivity index (χ0n) is 10.2. The highest BCUT2D eigenvalue weighted by Crippen LogP contribution is 2.39. The molecule has 0 amide bonds. The lowest BCUT2D eigenvalue weighted by Gasteiger charge is -2.27. The summed E-state index contributed by atoms with van der Waals surface area (Å²) in [7, 11) is 0. The van der Waals surface area contributed by atoms with Gasteiger partial charge in [0.05, 0.1) is 0 Å². The zero-order valence-corrected chi connectivity index (χ0v) is 10.2. The van der Waals surface area contributed by atoms with E-state index in [0.717, 1.165) is 5.56 Å². The molecule has 0 aromatic heterocycles. The Kier molecular flexibility index (Phi) is 3.71. The van der Waals surface area contributed by atoms with E-state index < -0.39 is 24.2 Å². The molecule has 110 valence electrons. The van der Waals surface area contributed by atoms with Gasteiger partial charge < -0.3 is 4.74 Å². The molecule has 0 bridgehead atoms. The number of esters is 1. The predicted octanol–water partition coefficient (Wildman–Crippen LogP) is 3.80. The van der Waals surface area contributed by atoms with E-state index in [1.165, 1.54) is 0 Å². The molecule has 20 heavy (non-hydrogen) atoms. The average molecular weight is 294 g/mol. The van der Waals surface area contributed by atoms with Crippen LogP contribution in [0.5, 0.6) is 0 Å². The van der Waals surface area contributed by atoms with E-state index in [1.807, 2.05) is 0 Å². The van der Waals surface area contributed by atoms with Crippen molar-refractivity contribution in [2.24, 2.45) is 0 Å². The number of carbonyl (C=O) groups is 1. The van der Waals surface area contributed by atoms with Gasteiger partial charge in [0, 0.05) is 0 Å². The maximum atomic E-state index is 12.9. The lowest BCUT2D eigenvalue weighted by molar-refractivity contribution is -0.282. The Balaban J connectivity index is 2.18. The maximum Gasteiger partial charge on any atom is 0.465 e. The molecule has 0 radical (unpaired) electrons. The van der Waals surface area contributed by atoms with Crippen LogP contribution in [-0.4, -0.2) is 18.1 Å². The van der Waals surface area contributed by atoms with Crippen molar-refractivity contribution < 1.29 is 31.5 Å². The van der Waals surface area contributed by atoms with E-state index in [2.05, 4.69) is 4.74 Å². The normalized spacial score (nSPS) is 19.4. The SMILES string of the molecule is O=C(OC1CCCc2ccccc21)C(F)(F)C(F)(F)F. The summed E-state index contributed by atoms with van der Waals surface area (Å²) in [6.07, 6.45) is -5.53. The van der Waals surface area contributed by atoms with Crippen LogP contribution in [0, 0.1) is 0 Å². The van der Waals surface area contributed by atoms with Crippen molar-refractivity contribution in [3.05, 3.63) is 35.4 Å². The van der Waals surface area contributed by atoms with Crippen LogP contribution in [0.4, 0.5) is 22.0 Å². The summed E-state index contributed by atoms with van der Waals surface area (Å²) in [5.41, 5.74) is 1.29. The van der Waals surface area contributed by atoms with Gasteiger partial charge in [0.1, 0.15) is 6.10 Å². The average Bonchev–Trinajstić information content (AvgIpc) is 2.37. The van der Waals surface area contributed by atoms with E-state index in [9.17, 15) is 26.7 Å². The molecular weight excluding hydrogens is 283 g/mol. The third-order valence-corrected chi connectivity index (χ3v) is 3.18. The number of ether oxygens (including phenoxy) is 1. The van der Waals surface area contributed by atoms with Gasteiger partial charge in [-0.3, -0.25) is 0 Å². The van der Waals surface area contributed by atoms with E-state index in [4.69, 9.17) is 0 Å². The number of rotatable bonds is 2. The minimum atomic E-state index is -5.95. The lowest BCUT2D eigenvalue weighted by atomic mass is 9.89. The summed E-state index contributed by atoms with van der Waals surface area (Å²) < 4.78 is 66.4. The fourth-order valence-corrected chi connectivity index (χ4v) is 2.15. The molecule has 0 N–H and O–H groups in total. The van der Waals surface area contributed by atoms with E-state index in [-0.39, 0.29) is 6.42 Å². The summed E-state index contributed by atoms with van der Waals surface area (Å²) in [6, 6.07) is 6.65. The van der Waals surface area contributed by atoms with Crippen LogP contribution in [0.3, 0.4) is 0 Å². The molecule has 1 aliphatic rings. The monoisotopic (exact) mass is 294 g/mol. The number of halogens is 5.